The van der Waals surface area contributed by atoms with E-state index in [4.69, 9.17) is 0 Å². The van der Waals surface area contributed by atoms with Crippen LogP contribution in [0.1, 0.15) is 39.5 Å². The monoisotopic (exact) mass is 164 g/mol. The van der Waals surface area contributed by atoms with Crippen LogP contribution in [0.5, 0.6) is 0 Å². The van der Waals surface area contributed by atoms with Gasteiger partial charge in [0.1, 0.15) is 0 Å². The van der Waals surface area contributed by atoms with Crippen LogP contribution in [-0.2, 0) is 0 Å². The van der Waals surface area contributed by atoms with E-state index in [2.05, 4.69) is 23.8 Å². The molecule has 0 aromatic rings. The molecule has 0 N–H and O–H groups in total. The van der Waals surface area contributed by atoms with E-state index >= 15 is 0 Å². The molecule has 12 heavy (non-hydrogen) atoms. The molecule has 2 rings (SSSR count). The van der Waals surface area contributed by atoms with Crippen molar-refractivity contribution in [3.63, 3.8) is 0 Å². The van der Waals surface area contributed by atoms with Gasteiger partial charge in [0.25, 0.3) is 0 Å². The van der Waals surface area contributed by atoms with Gasteiger partial charge in [-0.25, -0.2) is 0 Å². The molecular weight excluding hydrogens is 148 g/mol. The summed E-state index contributed by atoms with van der Waals surface area (Å²) in [5.74, 6) is 0. The largest absolute Gasteiger partial charge is 0.283 e. The first kappa shape index (κ1) is 7.96. The quantitative estimate of drug-likeness (QED) is 0.524. The molecule has 1 heterocycles. The van der Waals surface area contributed by atoms with E-state index in [0.717, 1.165) is 11.4 Å². The first-order chi connectivity index (χ1) is 5.77. The van der Waals surface area contributed by atoms with E-state index in [1.807, 2.05) is 0 Å². The van der Waals surface area contributed by atoms with E-state index in [1.165, 1.54) is 25.7 Å². The van der Waals surface area contributed by atoms with Gasteiger partial charge in [0.2, 0.25) is 0 Å². The second kappa shape index (κ2) is 3.00. The van der Waals surface area contributed by atoms with Crippen LogP contribution in [-0.4, -0.2) is 23.5 Å². The van der Waals surface area contributed by atoms with Crippen LogP contribution < -0.4 is 0 Å². The van der Waals surface area contributed by atoms with E-state index in [0.29, 0.717) is 12.1 Å². The van der Waals surface area contributed by atoms with Crippen LogP contribution in [0.25, 0.3) is 0 Å². The summed E-state index contributed by atoms with van der Waals surface area (Å²) >= 11 is 0. The third kappa shape index (κ3) is 1.30. The smallest absolute Gasteiger partial charge is 0.0726 e. The zero-order valence-corrected chi connectivity index (χ0v) is 7.88. The number of nitrogens with zero attached hydrogens (tertiary/aromatic N) is 2. The van der Waals surface area contributed by atoms with Gasteiger partial charge in [-0.1, -0.05) is 12.8 Å². The summed E-state index contributed by atoms with van der Waals surface area (Å²) in [5, 5.41) is 0. The summed E-state index contributed by atoms with van der Waals surface area (Å²) in [4.78, 5) is 9.34. The molecule has 2 nitrogen and oxygen atoms in total. The van der Waals surface area contributed by atoms with Gasteiger partial charge in [-0.05, 0) is 26.7 Å². The standard InChI is InChI=1S/C10H16N2/c1-7-8(2)12-10-6-4-3-5-9(10)11-7/h9-10H,3-6H2,1-2H3/t9-,10-/m0/s1. The minimum absolute atomic E-state index is 0.516. The number of hydrogen-bond acceptors (Lipinski definition) is 2. The summed E-state index contributed by atoms with van der Waals surface area (Å²) in [6, 6.07) is 1.03. The highest BCUT2D eigenvalue weighted by molar-refractivity contribution is 6.41. The molecule has 1 aliphatic carbocycles. The fourth-order valence-corrected chi connectivity index (χ4v) is 2.08. The second-order valence-electron chi connectivity index (χ2n) is 3.85. The molecule has 0 unspecified atom stereocenters. The molecule has 2 heteroatoms. The molecular formula is C10H16N2. The maximum absolute atomic E-state index is 4.67. The lowest BCUT2D eigenvalue weighted by Gasteiger charge is -2.29. The van der Waals surface area contributed by atoms with Crippen molar-refractivity contribution in [2.45, 2.75) is 51.6 Å². The van der Waals surface area contributed by atoms with Gasteiger partial charge >= 0.3 is 0 Å². The molecule has 2 atom stereocenters. The van der Waals surface area contributed by atoms with Crippen molar-refractivity contribution in [1.29, 1.82) is 0 Å². The van der Waals surface area contributed by atoms with Crippen molar-refractivity contribution in [2.75, 3.05) is 0 Å². The summed E-state index contributed by atoms with van der Waals surface area (Å²) in [6.45, 7) is 4.15. The maximum atomic E-state index is 4.67. The average Bonchev–Trinajstić information content (AvgIpc) is 2.07. The minimum Gasteiger partial charge on any atom is -0.283 e. The van der Waals surface area contributed by atoms with Gasteiger partial charge in [-0.15, -0.1) is 0 Å². The molecule has 1 aliphatic heterocycles. The Bertz CT molecular complexity index is 214. The lowest BCUT2D eigenvalue weighted by molar-refractivity contribution is 0.385. The first-order valence-corrected chi connectivity index (χ1v) is 4.86. The van der Waals surface area contributed by atoms with Crippen LogP contribution in [0.3, 0.4) is 0 Å². The normalized spacial score (nSPS) is 35.2. The first-order valence-electron chi connectivity index (χ1n) is 4.86. The molecule has 0 amide bonds. The van der Waals surface area contributed by atoms with Crippen LogP contribution in [0.15, 0.2) is 9.98 Å². The Morgan fingerprint density at radius 2 is 1.33 bits per heavy atom. The molecule has 66 valence electrons. The van der Waals surface area contributed by atoms with E-state index < -0.39 is 0 Å². The van der Waals surface area contributed by atoms with Gasteiger partial charge in [0.15, 0.2) is 0 Å². The Morgan fingerprint density at radius 1 is 0.917 bits per heavy atom. The second-order valence-corrected chi connectivity index (χ2v) is 3.85. The Labute approximate surface area is 73.8 Å². The highest BCUT2D eigenvalue weighted by atomic mass is 15.0. The van der Waals surface area contributed by atoms with Crippen molar-refractivity contribution >= 4 is 11.4 Å². The Morgan fingerprint density at radius 3 is 1.75 bits per heavy atom. The molecule has 0 radical (unpaired) electrons. The zero-order chi connectivity index (χ0) is 8.55. The highest BCUT2D eigenvalue weighted by Gasteiger charge is 2.27. The molecule has 1 saturated carbocycles. The van der Waals surface area contributed by atoms with E-state index in [1.54, 1.807) is 0 Å². The molecule has 0 aromatic heterocycles. The highest BCUT2D eigenvalue weighted by Crippen LogP contribution is 2.26. The van der Waals surface area contributed by atoms with Crippen LogP contribution in [0.4, 0.5) is 0 Å². The predicted octanol–water partition coefficient (Wildman–Crippen LogP) is 2.23. The van der Waals surface area contributed by atoms with E-state index in [9.17, 15) is 0 Å². The van der Waals surface area contributed by atoms with Crippen molar-refractivity contribution in [3.8, 4) is 0 Å². The molecule has 0 spiro atoms. The Kier molecular flexibility index (Phi) is 1.99. The molecule has 0 saturated heterocycles. The Balaban J connectivity index is 2.19. The number of fused-ring (bicyclic) bond motifs is 1. The van der Waals surface area contributed by atoms with Crippen molar-refractivity contribution in [3.05, 3.63) is 0 Å². The maximum Gasteiger partial charge on any atom is 0.0726 e. The van der Waals surface area contributed by atoms with Gasteiger partial charge in [0, 0.05) is 0 Å². The topological polar surface area (TPSA) is 24.7 Å². The van der Waals surface area contributed by atoms with Gasteiger partial charge in [0.05, 0.1) is 23.5 Å². The number of hydrogen-bond donors (Lipinski definition) is 0. The average molecular weight is 164 g/mol. The third-order valence-electron chi connectivity index (χ3n) is 2.94. The Hall–Kier alpha value is -0.660. The van der Waals surface area contributed by atoms with Crippen LogP contribution in [0, 0.1) is 0 Å². The minimum atomic E-state index is 0.516. The lowest BCUT2D eigenvalue weighted by atomic mass is 9.89. The lowest BCUT2D eigenvalue weighted by Crippen LogP contribution is -2.33. The van der Waals surface area contributed by atoms with Gasteiger partial charge in [-0.2, -0.15) is 0 Å². The van der Waals surface area contributed by atoms with Crippen LogP contribution >= 0.6 is 0 Å². The molecule has 2 aliphatic rings. The van der Waals surface area contributed by atoms with Crippen LogP contribution in [0.2, 0.25) is 0 Å². The number of aliphatic imine (C=N–C) groups is 2. The molecule has 0 bridgehead atoms. The SMILES string of the molecule is CC1=N[C@H]2CCCC[C@@H]2N=C1C. The summed E-state index contributed by atoms with van der Waals surface area (Å²) < 4.78 is 0. The van der Waals surface area contributed by atoms with Gasteiger partial charge in [-0.3, -0.25) is 9.98 Å². The summed E-state index contributed by atoms with van der Waals surface area (Å²) in [5.41, 5.74) is 2.30. The molecule has 1 fully saturated rings. The van der Waals surface area contributed by atoms with Crippen molar-refractivity contribution in [1.82, 2.24) is 0 Å². The molecule has 0 aromatic carbocycles. The third-order valence-corrected chi connectivity index (χ3v) is 2.94. The summed E-state index contributed by atoms with van der Waals surface area (Å²) in [6.07, 6.45) is 5.18. The van der Waals surface area contributed by atoms with E-state index in [-0.39, 0.29) is 0 Å². The van der Waals surface area contributed by atoms with Crippen molar-refractivity contribution < 1.29 is 0 Å². The predicted molar refractivity (Wildman–Crippen MR) is 52.3 cm³/mol. The van der Waals surface area contributed by atoms with Crippen molar-refractivity contribution in [2.24, 2.45) is 9.98 Å². The zero-order valence-electron chi connectivity index (χ0n) is 7.88. The number of rotatable bonds is 0. The fraction of sp³-hybridized carbons (Fsp3) is 0.800. The van der Waals surface area contributed by atoms with Gasteiger partial charge < -0.3 is 0 Å². The summed E-state index contributed by atoms with van der Waals surface area (Å²) in [7, 11) is 0. The fourth-order valence-electron chi connectivity index (χ4n) is 2.08.